The molecule has 2 heterocycles. The zero-order valence-corrected chi connectivity index (χ0v) is 13.5. The van der Waals surface area contributed by atoms with E-state index in [9.17, 15) is 8.42 Å². The van der Waals surface area contributed by atoms with Crippen LogP contribution in [-0.4, -0.2) is 42.7 Å². The number of hydrogen-bond donors (Lipinski definition) is 0. The first kappa shape index (κ1) is 15.3. The quantitative estimate of drug-likeness (QED) is 0.799. The van der Waals surface area contributed by atoms with Crippen LogP contribution >= 0.6 is 0 Å². The summed E-state index contributed by atoms with van der Waals surface area (Å²) in [7, 11) is -3.26. The van der Waals surface area contributed by atoms with Crippen LogP contribution in [0.2, 0.25) is 0 Å². The molecule has 2 aliphatic heterocycles. The summed E-state index contributed by atoms with van der Waals surface area (Å²) in [6.07, 6.45) is 3.15. The van der Waals surface area contributed by atoms with Gasteiger partial charge >= 0.3 is 0 Å². The summed E-state index contributed by atoms with van der Waals surface area (Å²) in [4.78, 5) is 0. The smallest absolute Gasteiger partial charge is 0.195 e. The predicted molar refractivity (Wildman–Crippen MR) is 78.0 cm³/mol. The normalized spacial score (nSPS) is 35.1. The minimum Gasteiger partial charge on any atom is -0.195 e. The minimum atomic E-state index is -3.26. The van der Waals surface area contributed by atoms with Crippen molar-refractivity contribution >= 4 is 10.2 Å². The van der Waals surface area contributed by atoms with E-state index < -0.39 is 10.2 Å². The van der Waals surface area contributed by atoms with Gasteiger partial charge < -0.3 is 0 Å². The Morgan fingerprint density at radius 3 is 2.21 bits per heavy atom. The monoisotopic (exact) mass is 288 g/mol. The van der Waals surface area contributed by atoms with Crippen molar-refractivity contribution in [2.45, 2.75) is 53.0 Å². The Bertz CT molecular complexity index is 398. The molecule has 0 aromatic carbocycles. The van der Waals surface area contributed by atoms with Gasteiger partial charge in [0.15, 0.2) is 0 Å². The van der Waals surface area contributed by atoms with Gasteiger partial charge in [-0.3, -0.25) is 0 Å². The molecular weight excluding hydrogens is 260 g/mol. The second-order valence-electron chi connectivity index (χ2n) is 6.84. The maximum absolute atomic E-state index is 12.8. The lowest BCUT2D eigenvalue weighted by Crippen LogP contribution is -2.51. The first-order chi connectivity index (χ1) is 8.82. The minimum absolute atomic E-state index is 0.192. The largest absolute Gasteiger partial charge is 0.282 e. The fraction of sp³-hybridized carbons (Fsp3) is 1.00. The van der Waals surface area contributed by atoms with Crippen LogP contribution < -0.4 is 0 Å². The molecule has 19 heavy (non-hydrogen) atoms. The van der Waals surface area contributed by atoms with Gasteiger partial charge in [0.1, 0.15) is 0 Å². The molecule has 2 aliphatic rings. The summed E-state index contributed by atoms with van der Waals surface area (Å²) >= 11 is 0. The molecule has 2 saturated heterocycles. The average Bonchev–Trinajstić information content (AvgIpc) is 2.76. The molecule has 4 nitrogen and oxygen atoms in total. The van der Waals surface area contributed by atoms with Crippen LogP contribution in [0.3, 0.4) is 0 Å². The van der Waals surface area contributed by atoms with Crippen LogP contribution in [0.4, 0.5) is 0 Å². The lowest BCUT2D eigenvalue weighted by molar-refractivity contribution is 0.201. The molecule has 0 radical (unpaired) electrons. The summed E-state index contributed by atoms with van der Waals surface area (Å²) in [5, 5.41) is 0. The van der Waals surface area contributed by atoms with Crippen molar-refractivity contribution in [1.82, 2.24) is 8.61 Å². The molecule has 0 saturated carbocycles. The van der Waals surface area contributed by atoms with Crippen LogP contribution in [0.1, 0.15) is 47.0 Å². The molecule has 0 amide bonds. The first-order valence-electron chi connectivity index (χ1n) is 7.59. The van der Waals surface area contributed by atoms with E-state index in [4.69, 9.17) is 0 Å². The molecule has 0 aromatic rings. The zero-order valence-electron chi connectivity index (χ0n) is 12.7. The highest BCUT2D eigenvalue weighted by atomic mass is 32.2. The van der Waals surface area contributed by atoms with E-state index in [1.807, 2.05) is 0 Å². The lowest BCUT2D eigenvalue weighted by Gasteiger charge is -2.38. The van der Waals surface area contributed by atoms with E-state index >= 15 is 0 Å². The number of nitrogens with zero attached hydrogens (tertiary/aromatic N) is 2. The Labute approximate surface area is 118 Å². The molecular formula is C14H28N2O2S. The van der Waals surface area contributed by atoms with Crippen LogP contribution in [0, 0.1) is 17.8 Å². The molecule has 0 aliphatic carbocycles. The molecule has 2 fully saturated rings. The number of hydrogen-bond acceptors (Lipinski definition) is 2. The Morgan fingerprint density at radius 2 is 1.68 bits per heavy atom. The van der Waals surface area contributed by atoms with Crippen molar-refractivity contribution in [2.24, 2.45) is 17.8 Å². The SMILES string of the molecule is CC1CC(C)CN(S(=O)(=O)N2CCCC2C(C)C)C1. The van der Waals surface area contributed by atoms with E-state index in [0.717, 1.165) is 19.3 Å². The first-order valence-corrected chi connectivity index (χ1v) is 8.99. The molecule has 0 aromatic heterocycles. The summed E-state index contributed by atoms with van der Waals surface area (Å²) in [6, 6.07) is 0.192. The van der Waals surface area contributed by atoms with Gasteiger partial charge in [-0.1, -0.05) is 27.7 Å². The third-order valence-electron chi connectivity index (χ3n) is 4.48. The van der Waals surface area contributed by atoms with Gasteiger partial charge in [-0.15, -0.1) is 0 Å². The third kappa shape index (κ3) is 3.14. The number of piperidine rings is 1. The fourth-order valence-electron chi connectivity index (χ4n) is 3.66. The molecule has 0 spiro atoms. The molecule has 0 N–H and O–H groups in total. The van der Waals surface area contributed by atoms with E-state index in [1.54, 1.807) is 8.61 Å². The van der Waals surface area contributed by atoms with Crippen LogP contribution in [0.5, 0.6) is 0 Å². The molecule has 112 valence electrons. The van der Waals surface area contributed by atoms with Crippen molar-refractivity contribution in [2.75, 3.05) is 19.6 Å². The van der Waals surface area contributed by atoms with Crippen molar-refractivity contribution < 1.29 is 8.42 Å². The van der Waals surface area contributed by atoms with Gasteiger partial charge in [0.25, 0.3) is 10.2 Å². The van der Waals surface area contributed by atoms with E-state index in [0.29, 0.717) is 37.4 Å². The Kier molecular flexibility index (Phi) is 4.58. The van der Waals surface area contributed by atoms with Gasteiger partial charge in [-0.25, -0.2) is 0 Å². The van der Waals surface area contributed by atoms with Crippen LogP contribution in [0.25, 0.3) is 0 Å². The van der Waals surface area contributed by atoms with Crippen molar-refractivity contribution in [3.63, 3.8) is 0 Å². The van der Waals surface area contributed by atoms with E-state index in [2.05, 4.69) is 27.7 Å². The van der Waals surface area contributed by atoms with Gasteiger partial charge in [-0.05, 0) is 37.0 Å². The molecule has 3 atom stereocenters. The highest BCUT2D eigenvalue weighted by Gasteiger charge is 2.41. The Balaban J connectivity index is 2.17. The second-order valence-corrected chi connectivity index (χ2v) is 8.72. The Hall–Kier alpha value is -0.130. The van der Waals surface area contributed by atoms with E-state index in [1.165, 1.54) is 0 Å². The summed E-state index contributed by atoms with van der Waals surface area (Å²) in [5.74, 6) is 1.34. The molecule has 5 heteroatoms. The summed E-state index contributed by atoms with van der Waals surface area (Å²) in [5.41, 5.74) is 0. The van der Waals surface area contributed by atoms with Crippen LogP contribution in [0.15, 0.2) is 0 Å². The van der Waals surface area contributed by atoms with Gasteiger partial charge in [-0.2, -0.15) is 17.0 Å². The van der Waals surface area contributed by atoms with Gasteiger partial charge in [0, 0.05) is 25.7 Å². The Morgan fingerprint density at radius 1 is 1.11 bits per heavy atom. The standard InChI is InChI=1S/C14H28N2O2S/c1-11(2)14-6-5-7-16(14)19(17,18)15-9-12(3)8-13(4)10-15/h11-14H,5-10H2,1-4H3. The molecule has 0 bridgehead atoms. The van der Waals surface area contributed by atoms with Crippen molar-refractivity contribution in [1.29, 1.82) is 0 Å². The predicted octanol–water partition coefficient (Wildman–Crippen LogP) is 2.33. The summed E-state index contributed by atoms with van der Waals surface area (Å²) in [6.45, 7) is 10.6. The zero-order chi connectivity index (χ0) is 14.2. The van der Waals surface area contributed by atoms with Crippen molar-refractivity contribution in [3.8, 4) is 0 Å². The second kappa shape index (κ2) is 5.70. The molecule has 2 rings (SSSR count). The average molecular weight is 288 g/mol. The fourth-order valence-corrected chi connectivity index (χ4v) is 5.89. The highest BCUT2D eigenvalue weighted by Crippen LogP contribution is 2.31. The summed E-state index contributed by atoms with van der Waals surface area (Å²) < 4.78 is 29.2. The number of rotatable bonds is 3. The van der Waals surface area contributed by atoms with Crippen molar-refractivity contribution in [3.05, 3.63) is 0 Å². The van der Waals surface area contributed by atoms with E-state index in [-0.39, 0.29) is 6.04 Å². The highest BCUT2D eigenvalue weighted by molar-refractivity contribution is 7.86. The lowest BCUT2D eigenvalue weighted by atomic mass is 9.94. The van der Waals surface area contributed by atoms with Crippen LogP contribution in [-0.2, 0) is 10.2 Å². The maximum atomic E-state index is 12.8. The maximum Gasteiger partial charge on any atom is 0.282 e. The van der Waals surface area contributed by atoms with Gasteiger partial charge in [0.2, 0.25) is 0 Å². The third-order valence-corrected chi connectivity index (χ3v) is 6.47. The topological polar surface area (TPSA) is 40.6 Å². The molecule has 3 unspecified atom stereocenters. The van der Waals surface area contributed by atoms with Gasteiger partial charge in [0.05, 0.1) is 0 Å².